The summed E-state index contributed by atoms with van der Waals surface area (Å²) in [5, 5.41) is 14.0. The van der Waals surface area contributed by atoms with Gasteiger partial charge in [0.15, 0.2) is 0 Å². The molecule has 2 aromatic heterocycles. The van der Waals surface area contributed by atoms with Gasteiger partial charge in [-0.3, -0.25) is 14.5 Å². The smallest absolute Gasteiger partial charge is 0.247 e. The van der Waals surface area contributed by atoms with Crippen LogP contribution < -0.4 is 15.6 Å². The Bertz CT molecular complexity index is 920. The van der Waals surface area contributed by atoms with E-state index in [2.05, 4.69) is 15.3 Å². The summed E-state index contributed by atoms with van der Waals surface area (Å²) < 4.78 is 5.67. The molecule has 0 radical (unpaired) electrons. The second-order valence-corrected chi connectivity index (χ2v) is 8.35. The van der Waals surface area contributed by atoms with E-state index in [1.165, 1.54) is 18.9 Å². The molecule has 3 heterocycles. The van der Waals surface area contributed by atoms with Crippen molar-refractivity contribution in [2.45, 2.75) is 44.2 Å². The van der Waals surface area contributed by atoms with Gasteiger partial charge in [-0.05, 0) is 63.3 Å². The molecular weight excluding hydrogens is 384 g/mol. The summed E-state index contributed by atoms with van der Waals surface area (Å²) in [6.45, 7) is 3.56. The van der Waals surface area contributed by atoms with Crippen molar-refractivity contribution >= 4 is 11.7 Å². The van der Waals surface area contributed by atoms with Crippen LogP contribution in [0.25, 0.3) is 0 Å². The van der Waals surface area contributed by atoms with Crippen molar-refractivity contribution in [3.05, 3.63) is 52.6 Å². The molecule has 30 heavy (non-hydrogen) atoms. The fraction of sp³-hybridized carbons (Fsp3) is 0.500. The third-order valence-corrected chi connectivity index (χ3v) is 5.92. The Kier molecular flexibility index (Phi) is 5.87. The van der Waals surface area contributed by atoms with Gasteiger partial charge in [-0.15, -0.1) is 0 Å². The number of nitrogens with zero attached hydrogens (tertiary/aromatic N) is 2. The zero-order valence-electron chi connectivity index (χ0n) is 17.1. The fourth-order valence-corrected chi connectivity index (χ4v) is 3.77. The molecular formula is C22H28N4O4. The van der Waals surface area contributed by atoms with E-state index in [0.717, 1.165) is 13.0 Å². The second kappa shape index (κ2) is 8.57. The van der Waals surface area contributed by atoms with Gasteiger partial charge in [0.05, 0.1) is 18.8 Å². The van der Waals surface area contributed by atoms with E-state index < -0.39 is 11.6 Å². The van der Waals surface area contributed by atoms with E-state index in [4.69, 9.17) is 4.74 Å². The van der Waals surface area contributed by atoms with E-state index in [-0.39, 0.29) is 11.5 Å². The lowest BCUT2D eigenvalue weighted by molar-refractivity contribution is -0.124. The molecule has 2 aromatic rings. The molecule has 2 fully saturated rings. The number of rotatable bonds is 7. The third-order valence-electron chi connectivity index (χ3n) is 5.92. The quantitative estimate of drug-likeness (QED) is 0.641. The summed E-state index contributed by atoms with van der Waals surface area (Å²) in [4.78, 5) is 32.9. The largest absolute Gasteiger partial charge is 0.492 e. The van der Waals surface area contributed by atoms with E-state index >= 15 is 0 Å². The van der Waals surface area contributed by atoms with E-state index in [9.17, 15) is 14.7 Å². The zero-order valence-corrected chi connectivity index (χ0v) is 17.1. The average molecular weight is 412 g/mol. The number of ether oxygens (including phenoxy) is 1. The first kappa shape index (κ1) is 20.6. The number of aliphatic hydroxyl groups is 1. The molecule has 4 rings (SSSR count). The van der Waals surface area contributed by atoms with Crippen LogP contribution in [0.4, 0.5) is 5.82 Å². The Morgan fingerprint density at radius 1 is 1.40 bits per heavy atom. The number of nitrogens with one attached hydrogen (secondary N) is 2. The molecule has 1 saturated heterocycles. The number of carbonyl (C=O) groups is 1. The van der Waals surface area contributed by atoms with Gasteiger partial charge >= 0.3 is 0 Å². The Morgan fingerprint density at radius 2 is 2.23 bits per heavy atom. The number of H-pyrrole nitrogens is 1. The minimum absolute atomic E-state index is 0.181. The van der Waals surface area contributed by atoms with Gasteiger partial charge < -0.3 is 20.1 Å². The molecule has 3 N–H and O–H groups in total. The van der Waals surface area contributed by atoms with E-state index in [1.807, 2.05) is 17.9 Å². The second-order valence-electron chi connectivity index (χ2n) is 8.35. The lowest BCUT2D eigenvalue weighted by Crippen LogP contribution is -2.52. The van der Waals surface area contributed by atoms with Crippen molar-refractivity contribution < 1.29 is 14.6 Å². The van der Waals surface area contributed by atoms with Crippen LogP contribution in [-0.2, 0) is 10.4 Å². The number of pyridine rings is 2. The van der Waals surface area contributed by atoms with Gasteiger partial charge in [-0.1, -0.05) is 0 Å². The van der Waals surface area contributed by atoms with Crippen molar-refractivity contribution in [2.75, 3.05) is 25.0 Å². The molecule has 0 bridgehead atoms. The predicted molar refractivity (Wildman–Crippen MR) is 112 cm³/mol. The topological polar surface area (TPSA) is 108 Å². The number of β-amino-alcohol motifs (C(OH)–C–C–N with tert-alkyl or cyclic N) is 1. The van der Waals surface area contributed by atoms with Gasteiger partial charge in [0.2, 0.25) is 11.5 Å². The molecule has 2 atom stereocenters. The van der Waals surface area contributed by atoms with Gasteiger partial charge in [0, 0.05) is 24.4 Å². The normalized spacial score (nSPS) is 23.0. The first-order valence-corrected chi connectivity index (χ1v) is 10.5. The maximum Gasteiger partial charge on any atom is 0.247 e. The molecule has 1 aliphatic heterocycles. The Morgan fingerprint density at radius 3 is 2.90 bits per heavy atom. The Hall–Kier alpha value is -2.71. The summed E-state index contributed by atoms with van der Waals surface area (Å²) in [6.07, 6.45) is 6.96. The summed E-state index contributed by atoms with van der Waals surface area (Å²) >= 11 is 0. The summed E-state index contributed by atoms with van der Waals surface area (Å²) in [5.74, 6) is 1.66. The zero-order chi connectivity index (χ0) is 21.1. The summed E-state index contributed by atoms with van der Waals surface area (Å²) in [7, 11) is 0. The van der Waals surface area contributed by atoms with Crippen LogP contribution in [0.1, 0.15) is 38.2 Å². The van der Waals surface area contributed by atoms with Gasteiger partial charge in [0.25, 0.3) is 0 Å². The minimum Gasteiger partial charge on any atom is -0.492 e. The maximum absolute atomic E-state index is 12.8. The lowest BCUT2D eigenvalue weighted by atomic mass is 9.86. The van der Waals surface area contributed by atoms with Crippen LogP contribution in [0, 0.1) is 5.92 Å². The number of aromatic nitrogens is 2. The number of hydrogen-bond acceptors (Lipinski definition) is 6. The number of aromatic amines is 1. The van der Waals surface area contributed by atoms with E-state index in [1.54, 1.807) is 24.5 Å². The molecule has 1 unspecified atom stereocenters. The molecule has 160 valence electrons. The Balaban J connectivity index is 1.35. The van der Waals surface area contributed by atoms with Gasteiger partial charge in [0.1, 0.15) is 17.2 Å². The van der Waals surface area contributed by atoms with Crippen LogP contribution >= 0.6 is 0 Å². The number of carbonyl (C=O) groups excluding carboxylic acids is 1. The SMILES string of the molecule is CC(C(=O)Nc1ccc(OCC2CC2)cn1)N1CCC[C@@](O)(c2ccc(=O)[nH]c2)C1. The molecule has 0 spiro atoms. The molecule has 1 saturated carbocycles. The van der Waals surface area contributed by atoms with Crippen LogP contribution in [0.15, 0.2) is 41.5 Å². The highest BCUT2D eigenvalue weighted by Gasteiger charge is 2.38. The highest BCUT2D eigenvalue weighted by molar-refractivity contribution is 5.93. The molecule has 8 nitrogen and oxygen atoms in total. The summed E-state index contributed by atoms with van der Waals surface area (Å²) in [5.41, 5.74) is -0.655. The highest BCUT2D eigenvalue weighted by Crippen LogP contribution is 2.32. The lowest BCUT2D eigenvalue weighted by Gasteiger charge is -2.41. The molecule has 2 aliphatic rings. The first-order chi connectivity index (χ1) is 14.4. The highest BCUT2D eigenvalue weighted by atomic mass is 16.5. The third kappa shape index (κ3) is 4.88. The van der Waals surface area contributed by atoms with Crippen LogP contribution in [0.3, 0.4) is 0 Å². The number of likely N-dealkylation sites (tertiary alicyclic amines) is 1. The predicted octanol–water partition coefficient (Wildman–Crippen LogP) is 1.87. The average Bonchev–Trinajstić information content (AvgIpc) is 3.57. The summed E-state index contributed by atoms with van der Waals surface area (Å²) in [6, 6.07) is 6.16. The molecule has 1 amide bonds. The fourth-order valence-electron chi connectivity index (χ4n) is 3.77. The Labute approximate surface area is 175 Å². The van der Waals surface area contributed by atoms with Gasteiger partial charge in [-0.25, -0.2) is 4.98 Å². The van der Waals surface area contributed by atoms with Crippen molar-refractivity contribution in [3.63, 3.8) is 0 Å². The van der Waals surface area contributed by atoms with Crippen molar-refractivity contribution in [3.8, 4) is 5.75 Å². The number of anilines is 1. The van der Waals surface area contributed by atoms with Crippen LogP contribution in [0.5, 0.6) is 5.75 Å². The minimum atomic E-state index is -1.10. The number of piperidine rings is 1. The van der Waals surface area contributed by atoms with E-state index in [0.29, 0.717) is 42.6 Å². The molecule has 8 heteroatoms. The molecule has 0 aromatic carbocycles. The van der Waals surface area contributed by atoms with Crippen molar-refractivity contribution in [1.29, 1.82) is 0 Å². The standard InChI is InChI=1S/C22H28N4O4/c1-15(21(28)25-19-7-6-18(12-23-19)30-13-16-3-4-16)26-10-2-9-22(29,14-26)17-5-8-20(27)24-11-17/h5-8,11-12,15-16,29H,2-4,9-10,13-14H2,1H3,(H,24,27)(H,23,25,28)/t15?,22-/m0/s1. The van der Waals surface area contributed by atoms with Crippen molar-refractivity contribution in [2.24, 2.45) is 5.92 Å². The number of amides is 1. The van der Waals surface area contributed by atoms with Crippen LogP contribution in [-0.4, -0.2) is 51.6 Å². The van der Waals surface area contributed by atoms with Crippen molar-refractivity contribution in [1.82, 2.24) is 14.9 Å². The maximum atomic E-state index is 12.8. The molecule has 1 aliphatic carbocycles. The van der Waals surface area contributed by atoms with Gasteiger partial charge in [-0.2, -0.15) is 0 Å². The number of hydrogen-bond donors (Lipinski definition) is 3. The van der Waals surface area contributed by atoms with Crippen LogP contribution in [0.2, 0.25) is 0 Å². The monoisotopic (exact) mass is 412 g/mol. The first-order valence-electron chi connectivity index (χ1n) is 10.5.